The van der Waals surface area contributed by atoms with Gasteiger partial charge >= 0.3 is 26.2 Å². The minimum Gasteiger partial charge on any atom is -0.376 e. The third kappa shape index (κ3) is 13.1. The van der Waals surface area contributed by atoms with E-state index < -0.39 is 0 Å². The molecule has 1 nitrogen and oxygen atoms in total. The summed E-state index contributed by atoms with van der Waals surface area (Å²) < 4.78 is 5.64. The van der Waals surface area contributed by atoms with E-state index in [1.54, 1.807) is 11.1 Å². The molecule has 1 aliphatic rings. The SMILES string of the molecule is C[Si]CCCCCCOC(C)(C)C.Cc1cc2c(-c3ccc(C(C)(C)C)cc3)c3c(cc2[cH-]1)CCC3.Cc1cc2c(-c3ccc(C(C)(C)C)cc3)cccc2[cH-]1.[Zr+2]. The molecule has 0 saturated heterocycles. The third-order valence-electron chi connectivity index (χ3n) is 11.1. The van der Waals surface area contributed by atoms with Crippen molar-refractivity contribution in [3.63, 3.8) is 0 Å². The minimum atomic E-state index is 0. The standard InChI is InChI=1S/C23H25.C20H21.C11H24OSi.Zr/c1-15-12-18-14-17-6-5-7-20(17)22(21(18)13-15)16-8-10-19(11-9-16)23(2,3)4;1-14-12-16-6-5-7-18(19(16)13-14)15-8-10-17(11-9-15)20(2,3)4;1-11(2,3)12-9-7-5-6-8-10-13-4;/h8-14H,5-7H2,1-4H3;5-13H,1-4H3;5-10H2,1-4H3;/q2*-1;;+2. The number of hydrogen-bond acceptors (Lipinski definition) is 1. The molecular weight excluding hydrogens is 784 g/mol. The Labute approximate surface area is 369 Å². The first-order valence-electron chi connectivity index (χ1n) is 21.3. The Morgan fingerprint density at radius 2 is 1.18 bits per heavy atom. The maximum atomic E-state index is 5.64. The van der Waals surface area contributed by atoms with Gasteiger partial charge in [0.25, 0.3) is 0 Å². The monoisotopic (exact) mass is 852 g/mol. The molecule has 0 amide bonds. The van der Waals surface area contributed by atoms with Gasteiger partial charge in [-0.15, -0.1) is 63.0 Å². The molecule has 0 N–H and O–H groups in total. The second-order valence-corrected chi connectivity index (χ2v) is 20.5. The second kappa shape index (κ2) is 20.4. The first-order chi connectivity index (χ1) is 26.4. The first kappa shape index (κ1) is 46.8. The fourth-order valence-electron chi connectivity index (χ4n) is 7.96. The Balaban J connectivity index is 0.000000196. The second-order valence-electron chi connectivity index (χ2n) is 19.3. The van der Waals surface area contributed by atoms with Gasteiger partial charge in [-0.1, -0.05) is 164 Å². The van der Waals surface area contributed by atoms with Crippen molar-refractivity contribution in [3.05, 3.63) is 130 Å². The van der Waals surface area contributed by atoms with Crippen molar-refractivity contribution in [2.45, 2.75) is 150 Å². The molecule has 0 saturated carbocycles. The molecule has 0 heterocycles. The zero-order valence-electron chi connectivity index (χ0n) is 37.5. The summed E-state index contributed by atoms with van der Waals surface area (Å²) >= 11 is 0. The largest absolute Gasteiger partial charge is 2.00 e. The Morgan fingerprint density at radius 3 is 1.75 bits per heavy atom. The molecule has 0 atom stereocenters. The summed E-state index contributed by atoms with van der Waals surface area (Å²) in [6.45, 7) is 27.5. The van der Waals surface area contributed by atoms with Crippen LogP contribution in [0.25, 0.3) is 43.8 Å². The number of aryl methyl sites for hydroxylation is 3. The third-order valence-corrected chi connectivity index (χ3v) is 11.9. The topological polar surface area (TPSA) is 9.23 Å². The fourth-order valence-corrected chi connectivity index (χ4v) is 8.57. The first-order valence-corrected chi connectivity index (χ1v) is 23.0. The Bertz CT molecular complexity index is 2140. The van der Waals surface area contributed by atoms with Crippen molar-refractivity contribution in [2.75, 3.05) is 6.61 Å². The molecular formula is C54H70OSiZr. The number of ether oxygens (including phenoxy) is 1. The zero-order valence-corrected chi connectivity index (χ0v) is 41.0. The Kier molecular flexibility index (Phi) is 16.8. The van der Waals surface area contributed by atoms with E-state index >= 15 is 0 Å². The van der Waals surface area contributed by atoms with E-state index in [4.69, 9.17) is 4.74 Å². The average Bonchev–Trinajstić information content (AvgIpc) is 3.86. The smallest absolute Gasteiger partial charge is 0.376 e. The maximum absolute atomic E-state index is 5.64. The van der Waals surface area contributed by atoms with Crippen LogP contribution in [-0.2, 0) is 54.6 Å². The minimum absolute atomic E-state index is 0. The summed E-state index contributed by atoms with van der Waals surface area (Å²) in [7, 11) is 1.13. The molecule has 6 aromatic rings. The molecule has 300 valence electrons. The van der Waals surface area contributed by atoms with E-state index in [1.807, 2.05) is 0 Å². The molecule has 2 radical (unpaired) electrons. The van der Waals surface area contributed by atoms with E-state index in [-0.39, 0.29) is 42.6 Å². The maximum Gasteiger partial charge on any atom is 2.00 e. The number of hydrogen-bond donors (Lipinski definition) is 0. The van der Waals surface area contributed by atoms with Crippen LogP contribution in [0.4, 0.5) is 0 Å². The van der Waals surface area contributed by atoms with E-state index in [1.165, 1.54) is 117 Å². The van der Waals surface area contributed by atoms with Gasteiger partial charge < -0.3 is 4.74 Å². The summed E-state index contributed by atoms with van der Waals surface area (Å²) in [5.41, 5.74) is 14.6. The van der Waals surface area contributed by atoms with Crippen LogP contribution in [0.1, 0.15) is 128 Å². The van der Waals surface area contributed by atoms with Crippen LogP contribution < -0.4 is 0 Å². The Hall–Kier alpha value is -2.84. The predicted molar refractivity (Wildman–Crippen MR) is 249 cm³/mol. The number of unbranched alkanes of at least 4 members (excludes halogenated alkanes) is 3. The summed E-state index contributed by atoms with van der Waals surface area (Å²) in [6.07, 6.45) is 9.12. The van der Waals surface area contributed by atoms with Crippen LogP contribution in [0.5, 0.6) is 0 Å². The van der Waals surface area contributed by atoms with Crippen molar-refractivity contribution in [1.82, 2.24) is 0 Å². The molecule has 0 aliphatic heterocycles. The molecule has 57 heavy (non-hydrogen) atoms. The normalized spacial score (nSPS) is 12.8. The van der Waals surface area contributed by atoms with E-state index in [9.17, 15) is 0 Å². The molecule has 7 rings (SSSR count). The molecule has 0 bridgehead atoms. The quantitative estimate of drug-likeness (QED) is 0.0800. The summed E-state index contributed by atoms with van der Waals surface area (Å²) in [6, 6.07) is 37.9. The van der Waals surface area contributed by atoms with Crippen LogP contribution in [0.15, 0.2) is 97.1 Å². The number of fused-ring (bicyclic) bond motifs is 3. The van der Waals surface area contributed by atoms with E-state index in [0.717, 1.165) is 16.1 Å². The Morgan fingerprint density at radius 1 is 0.614 bits per heavy atom. The van der Waals surface area contributed by atoms with E-state index in [0.29, 0.717) is 0 Å². The molecule has 6 aromatic carbocycles. The zero-order chi connectivity index (χ0) is 40.7. The average molecular weight is 854 g/mol. The summed E-state index contributed by atoms with van der Waals surface area (Å²) in [4.78, 5) is 0. The molecule has 0 aromatic heterocycles. The molecule has 3 heteroatoms. The van der Waals surface area contributed by atoms with Gasteiger partial charge in [-0.2, -0.15) is 12.1 Å². The van der Waals surface area contributed by atoms with Crippen molar-refractivity contribution in [1.29, 1.82) is 0 Å². The van der Waals surface area contributed by atoms with Crippen LogP contribution in [0.3, 0.4) is 0 Å². The summed E-state index contributed by atoms with van der Waals surface area (Å²) in [5, 5.41) is 5.54. The van der Waals surface area contributed by atoms with Crippen LogP contribution >= 0.6 is 0 Å². The van der Waals surface area contributed by atoms with Crippen LogP contribution in [-0.4, -0.2) is 21.7 Å². The van der Waals surface area contributed by atoms with Gasteiger partial charge in [-0.25, -0.2) is 0 Å². The number of rotatable bonds is 9. The van der Waals surface area contributed by atoms with E-state index in [2.05, 4.69) is 180 Å². The molecule has 0 unspecified atom stereocenters. The van der Waals surface area contributed by atoms with Crippen molar-refractivity contribution in [3.8, 4) is 22.3 Å². The van der Waals surface area contributed by atoms with Crippen molar-refractivity contribution >= 4 is 31.1 Å². The summed E-state index contributed by atoms with van der Waals surface area (Å²) in [5.74, 6) is 0. The molecule has 0 spiro atoms. The van der Waals surface area contributed by atoms with Crippen LogP contribution in [0, 0.1) is 13.8 Å². The van der Waals surface area contributed by atoms with Crippen molar-refractivity contribution in [2.24, 2.45) is 0 Å². The molecule has 1 aliphatic carbocycles. The molecule has 0 fully saturated rings. The van der Waals surface area contributed by atoms with Gasteiger partial charge in [0, 0.05) is 16.1 Å². The fraction of sp³-hybridized carbons (Fsp3) is 0.444. The van der Waals surface area contributed by atoms with Gasteiger partial charge in [-0.3, -0.25) is 0 Å². The van der Waals surface area contributed by atoms with Gasteiger partial charge in [0.2, 0.25) is 0 Å². The van der Waals surface area contributed by atoms with Crippen molar-refractivity contribution < 1.29 is 30.9 Å². The van der Waals surface area contributed by atoms with Crippen LogP contribution in [0.2, 0.25) is 12.6 Å². The van der Waals surface area contributed by atoms with Gasteiger partial charge in [0.15, 0.2) is 0 Å². The predicted octanol–water partition coefficient (Wildman–Crippen LogP) is 15.7. The van der Waals surface area contributed by atoms with Gasteiger partial charge in [-0.05, 0) is 79.5 Å². The van der Waals surface area contributed by atoms with Gasteiger partial charge in [0.05, 0.1) is 5.60 Å². The van der Waals surface area contributed by atoms with Gasteiger partial charge in [0.1, 0.15) is 0 Å². The number of benzene rings is 4.